The highest BCUT2D eigenvalue weighted by atomic mass is 32.2. The lowest BCUT2D eigenvalue weighted by Gasteiger charge is -2.06. The second kappa shape index (κ2) is 5.29. The van der Waals surface area contributed by atoms with Crippen molar-refractivity contribution in [3.05, 3.63) is 35.7 Å². The molecule has 2 rings (SSSR count). The average Bonchev–Trinajstić information content (AvgIpc) is 2.82. The topological polar surface area (TPSA) is 114 Å². The molecule has 8 nitrogen and oxygen atoms in total. The van der Waals surface area contributed by atoms with Crippen LogP contribution in [-0.4, -0.2) is 36.7 Å². The zero-order valence-corrected chi connectivity index (χ0v) is 11.6. The Hall–Kier alpha value is -2.42. The highest BCUT2D eigenvalue weighted by Crippen LogP contribution is 2.15. The Kier molecular flexibility index (Phi) is 3.70. The number of nitrogens with zero attached hydrogens (tertiary/aromatic N) is 2. The van der Waals surface area contributed by atoms with E-state index >= 15 is 0 Å². The maximum absolute atomic E-state index is 12.1. The molecule has 0 radical (unpaired) electrons. The zero-order chi connectivity index (χ0) is 14.8. The number of rotatable bonds is 4. The fourth-order valence-corrected chi connectivity index (χ4v) is 2.46. The van der Waals surface area contributed by atoms with Gasteiger partial charge in [0, 0.05) is 0 Å². The monoisotopic (exact) mass is 296 g/mol. The summed E-state index contributed by atoms with van der Waals surface area (Å²) in [6.07, 6.45) is 0. The van der Waals surface area contributed by atoms with E-state index in [0.29, 0.717) is 5.82 Å². The van der Waals surface area contributed by atoms with E-state index in [-0.39, 0.29) is 16.4 Å². The smallest absolute Gasteiger partial charge is 0.337 e. The summed E-state index contributed by atoms with van der Waals surface area (Å²) in [5, 5.41) is 6.20. The van der Waals surface area contributed by atoms with Crippen molar-refractivity contribution < 1.29 is 17.9 Å². The number of sulfonamides is 1. The molecule has 9 heteroatoms. The van der Waals surface area contributed by atoms with Gasteiger partial charge in [0.1, 0.15) is 5.82 Å². The molecule has 0 saturated heterocycles. The molecule has 0 aliphatic heterocycles. The van der Waals surface area contributed by atoms with Crippen LogP contribution in [0.3, 0.4) is 0 Å². The fourth-order valence-electron chi connectivity index (χ4n) is 1.48. The van der Waals surface area contributed by atoms with Crippen LogP contribution in [0, 0.1) is 6.92 Å². The van der Waals surface area contributed by atoms with Crippen LogP contribution in [0.15, 0.2) is 29.2 Å². The van der Waals surface area contributed by atoms with Gasteiger partial charge >= 0.3 is 5.97 Å². The van der Waals surface area contributed by atoms with Gasteiger partial charge in [0.15, 0.2) is 0 Å². The number of esters is 1. The highest BCUT2D eigenvalue weighted by molar-refractivity contribution is 7.92. The predicted octanol–water partition coefficient (Wildman–Crippen LogP) is 0.701. The van der Waals surface area contributed by atoms with E-state index in [1.807, 2.05) is 0 Å². The third-order valence-electron chi connectivity index (χ3n) is 2.39. The summed E-state index contributed by atoms with van der Waals surface area (Å²) in [7, 11) is -2.65. The molecule has 1 aromatic heterocycles. The first kappa shape index (κ1) is 14.0. The van der Waals surface area contributed by atoms with Crippen LogP contribution < -0.4 is 4.72 Å². The van der Waals surface area contributed by atoms with Crippen molar-refractivity contribution in [2.75, 3.05) is 11.8 Å². The molecular weight excluding hydrogens is 284 g/mol. The van der Waals surface area contributed by atoms with Gasteiger partial charge in [0.25, 0.3) is 16.0 Å². The van der Waals surface area contributed by atoms with Gasteiger partial charge in [-0.2, -0.15) is 4.98 Å². The van der Waals surface area contributed by atoms with Crippen molar-refractivity contribution >= 4 is 21.9 Å². The number of ether oxygens (including phenoxy) is 1. The van der Waals surface area contributed by atoms with E-state index in [4.69, 9.17) is 0 Å². The largest absolute Gasteiger partial charge is 0.465 e. The third kappa shape index (κ3) is 2.94. The highest BCUT2D eigenvalue weighted by Gasteiger charge is 2.18. The molecule has 1 aromatic carbocycles. The number of nitrogens with one attached hydrogen (secondary N) is 2. The Morgan fingerprint density at radius 1 is 1.40 bits per heavy atom. The Labute approximate surface area is 115 Å². The second-order valence-corrected chi connectivity index (χ2v) is 5.55. The van der Waals surface area contributed by atoms with Gasteiger partial charge < -0.3 is 4.74 Å². The summed E-state index contributed by atoms with van der Waals surface area (Å²) >= 11 is 0. The Morgan fingerprint density at radius 2 is 2.15 bits per heavy atom. The first-order valence-corrected chi connectivity index (χ1v) is 7.01. The summed E-state index contributed by atoms with van der Waals surface area (Å²) in [5.41, 5.74) is 0.140. The van der Waals surface area contributed by atoms with E-state index in [1.54, 1.807) is 6.92 Å². The van der Waals surface area contributed by atoms with E-state index < -0.39 is 16.0 Å². The van der Waals surface area contributed by atoms with E-state index in [0.717, 1.165) is 0 Å². The van der Waals surface area contributed by atoms with Crippen molar-refractivity contribution in [2.24, 2.45) is 0 Å². The number of hydrogen-bond acceptors (Lipinski definition) is 6. The first-order valence-electron chi connectivity index (χ1n) is 5.52. The third-order valence-corrected chi connectivity index (χ3v) is 3.71. The van der Waals surface area contributed by atoms with E-state index in [1.165, 1.54) is 31.4 Å². The summed E-state index contributed by atoms with van der Waals surface area (Å²) in [6.45, 7) is 1.64. The number of hydrogen-bond donors (Lipinski definition) is 2. The van der Waals surface area contributed by atoms with E-state index in [9.17, 15) is 13.2 Å². The lowest BCUT2D eigenvalue weighted by Crippen LogP contribution is -2.15. The number of aromatic nitrogens is 3. The van der Waals surface area contributed by atoms with Crippen LogP contribution in [0.5, 0.6) is 0 Å². The van der Waals surface area contributed by atoms with Crippen molar-refractivity contribution in [1.82, 2.24) is 15.2 Å². The van der Waals surface area contributed by atoms with Gasteiger partial charge in [0.2, 0.25) is 0 Å². The number of anilines is 1. The molecule has 1 heterocycles. The summed E-state index contributed by atoms with van der Waals surface area (Å²) < 4.78 is 31.0. The van der Waals surface area contributed by atoms with Crippen molar-refractivity contribution in [2.45, 2.75) is 11.8 Å². The Balaban J connectivity index is 2.32. The minimum atomic E-state index is -3.87. The molecule has 0 saturated carbocycles. The Bertz CT molecular complexity index is 738. The van der Waals surface area contributed by atoms with Crippen LogP contribution in [0.1, 0.15) is 16.2 Å². The number of methoxy groups -OCH3 is 1. The molecule has 0 fully saturated rings. The molecule has 0 atom stereocenters. The molecule has 2 aromatic rings. The lowest BCUT2D eigenvalue weighted by molar-refractivity contribution is 0.0600. The van der Waals surface area contributed by atoms with Crippen LogP contribution in [0.25, 0.3) is 0 Å². The SMILES string of the molecule is COC(=O)c1cccc(S(=O)(=O)Nc2n[nH]c(C)n2)c1. The molecule has 0 bridgehead atoms. The molecule has 2 N–H and O–H groups in total. The molecule has 0 spiro atoms. The molecule has 20 heavy (non-hydrogen) atoms. The van der Waals surface area contributed by atoms with Crippen molar-refractivity contribution in [3.63, 3.8) is 0 Å². The van der Waals surface area contributed by atoms with Gasteiger partial charge in [-0.05, 0) is 25.1 Å². The molecule has 0 unspecified atom stereocenters. The van der Waals surface area contributed by atoms with Crippen LogP contribution in [0.2, 0.25) is 0 Å². The zero-order valence-electron chi connectivity index (χ0n) is 10.7. The minimum Gasteiger partial charge on any atom is -0.465 e. The van der Waals surface area contributed by atoms with Gasteiger partial charge in [-0.1, -0.05) is 6.07 Å². The van der Waals surface area contributed by atoms with Gasteiger partial charge in [-0.25, -0.2) is 17.9 Å². The number of carbonyl (C=O) groups is 1. The number of aryl methyl sites for hydroxylation is 1. The number of benzene rings is 1. The second-order valence-electron chi connectivity index (χ2n) is 3.87. The van der Waals surface area contributed by atoms with Crippen molar-refractivity contribution in [3.8, 4) is 0 Å². The Morgan fingerprint density at radius 3 is 2.75 bits per heavy atom. The molecule has 0 aliphatic carbocycles. The summed E-state index contributed by atoms with van der Waals surface area (Å²) in [4.78, 5) is 15.2. The van der Waals surface area contributed by atoms with Crippen LogP contribution in [-0.2, 0) is 14.8 Å². The minimum absolute atomic E-state index is 0.0639. The van der Waals surface area contributed by atoms with Crippen molar-refractivity contribution in [1.29, 1.82) is 0 Å². The van der Waals surface area contributed by atoms with Crippen LogP contribution >= 0.6 is 0 Å². The normalized spacial score (nSPS) is 11.1. The van der Waals surface area contributed by atoms with Crippen LogP contribution in [0.4, 0.5) is 5.95 Å². The number of aromatic amines is 1. The van der Waals surface area contributed by atoms with Gasteiger partial charge in [-0.15, -0.1) is 5.10 Å². The fraction of sp³-hybridized carbons (Fsp3) is 0.182. The summed E-state index contributed by atoms with van der Waals surface area (Å²) in [6, 6.07) is 5.48. The maximum atomic E-state index is 12.1. The van der Waals surface area contributed by atoms with Gasteiger partial charge in [0.05, 0.1) is 17.6 Å². The number of carbonyl (C=O) groups excluding carboxylic acids is 1. The molecule has 106 valence electrons. The maximum Gasteiger partial charge on any atom is 0.337 e. The summed E-state index contributed by atoms with van der Waals surface area (Å²) in [5.74, 6) is -0.201. The molecular formula is C11H12N4O4S. The molecule has 0 amide bonds. The first-order chi connectivity index (χ1) is 9.42. The standard InChI is InChI=1S/C11H12N4O4S/c1-7-12-11(14-13-7)15-20(17,18)9-5-3-4-8(6-9)10(16)19-2/h3-6H,1-2H3,(H2,12,13,14,15). The lowest BCUT2D eigenvalue weighted by atomic mass is 10.2. The predicted molar refractivity (Wildman–Crippen MR) is 69.7 cm³/mol. The quantitative estimate of drug-likeness (QED) is 0.803. The average molecular weight is 296 g/mol. The molecule has 0 aliphatic rings. The van der Waals surface area contributed by atoms with E-state index in [2.05, 4.69) is 24.6 Å². The van der Waals surface area contributed by atoms with Gasteiger partial charge in [-0.3, -0.25) is 5.10 Å². The number of H-pyrrole nitrogens is 1.